The zero-order valence-electron chi connectivity index (χ0n) is 18.8. The molecule has 0 N–H and O–H groups in total. The van der Waals surface area contributed by atoms with Crippen molar-refractivity contribution in [2.45, 2.75) is 43.9 Å². The highest BCUT2D eigenvalue weighted by atomic mass is 35.5. The fourth-order valence-electron chi connectivity index (χ4n) is 7.86. The molecular weight excluding hydrogens is 416 g/mol. The van der Waals surface area contributed by atoms with Gasteiger partial charge in [0, 0.05) is 48.7 Å². The Labute approximate surface area is 196 Å². The number of halogens is 1. The molecule has 0 unspecified atom stereocenters. The van der Waals surface area contributed by atoms with E-state index in [4.69, 9.17) is 11.6 Å². The van der Waals surface area contributed by atoms with Crippen LogP contribution in [0.1, 0.15) is 44.1 Å². The van der Waals surface area contributed by atoms with Crippen LogP contribution in [-0.4, -0.2) is 37.0 Å². The van der Waals surface area contributed by atoms with Crippen molar-refractivity contribution in [2.24, 2.45) is 23.7 Å². The predicted molar refractivity (Wildman–Crippen MR) is 130 cm³/mol. The van der Waals surface area contributed by atoms with Crippen molar-refractivity contribution in [3.63, 3.8) is 0 Å². The lowest BCUT2D eigenvalue weighted by atomic mass is 9.43. The van der Waals surface area contributed by atoms with Crippen molar-refractivity contribution < 1.29 is 4.79 Å². The summed E-state index contributed by atoms with van der Waals surface area (Å²) >= 11 is 6.26. The molecule has 0 radical (unpaired) electrons. The van der Waals surface area contributed by atoms with Gasteiger partial charge in [0.1, 0.15) is 0 Å². The number of piperazine rings is 1. The monoisotopic (exact) mass is 448 g/mol. The lowest BCUT2D eigenvalue weighted by molar-refractivity contribution is -0.139. The first-order chi connectivity index (χ1) is 15.6. The van der Waals surface area contributed by atoms with E-state index in [-0.39, 0.29) is 5.41 Å². The molecule has 2 aromatic rings. The van der Waals surface area contributed by atoms with Gasteiger partial charge >= 0.3 is 0 Å². The second-order valence-corrected chi connectivity index (χ2v) is 11.2. The fraction of sp³-hybridized carbons (Fsp3) is 0.536. The molecule has 5 fully saturated rings. The molecule has 4 saturated carbocycles. The molecule has 0 spiro atoms. The van der Waals surface area contributed by atoms with Gasteiger partial charge in [-0.05, 0) is 85.6 Å². The summed E-state index contributed by atoms with van der Waals surface area (Å²) in [6.07, 6.45) is 7.35. The van der Waals surface area contributed by atoms with Crippen molar-refractivity contribution in [1.82, 2.24) is 4.90 Å². The third kappa shape index (κ3) is 3.44. The molecule has 4 aliphatic carbocycles. The molecule has 7 rings (SSSR count). The third-order valence-electron chi connectivity index (χ3n) is 9.17. The third-order valence-corrected chi connectivity index (χ3v) is 9.43. The van der Waals surface area contributed by atoms with Crippen LogP contribution in [0.15, 0.2) is 54.6 Å². The molecule has 0 atom stereocenters. The number of hydrogen-bond acceptors (Lipinski definition) is 2. The smallest absolute Gasteiger partial charge is 0.223 e. The van der Waals surface area contributed by atoms with E-state index >= 15 is 0 Å². The van der Waals surface area contributed by atoms with Crippen LogP contribution in [0, 0.1) is 23.7 Å². The van der Waals surface area contributed by atoms with E-state index in [2.05, 4.69) is 52.3 Å². The summed E-state index contributed by atoms with van der Waals surface area (Å²) in [4.78, 5) is 18.3. The van der Waals surface area contributed by atoms with Gasteiger partial charge in [-0.3, -0.25) is 4.79 Å². The van der Waals surface area contributed by atoms with Crippen LogP contribution in [-0.2, 0) is 10.2 Å². The van der Waals surface area contributed by atoms with Gasteiger partial charge in [-0.15, -0.1) is 0 Å². The second-order valence-electron chi connectivity index (χ2n) is 10.7. The van der Waals surface area contributed by atoms with Gasteiger partial charge in [0.05, 0.1) is 0 Å². The van der Waals surface area contributed by atoms with Crippen LogP contribution in [0.2, 0.25) is 5.02 Å². The average Bonchev–Trinajstić information content (AvgIpc) is 2.82. The quantitative estimate of drug-likeness (QED) is 0.592. The zero-order chi connectivity index (χ0) is 21.7. The summed E-state index contributed by atoms with van der Waals surface area (Å²) in [7, 11) is 0. The molecule has 32 heavy (non-hydrogen) atoms. The maximum atomic E-state index is 13.8. The Hall–Kier alpha value is -2.00. The molecule has 2 aromatic carbocycles. The summed E-state index contributed by atoms with van der Waals surface area (Å²) in [5.74, 6) is 3.44. The number of rotatable bonds is 4. The Kier molecular flexibility index (Phi) is 5.21. The summed E-state index contributed by atoms with van der Waals surface area (Å²) in [5.41, 5.74) is 2.64. The minimum absolute atomic E-state index is 0.00561. The highest BCUT2D eigenvalue weighted by Gasteiger charge is 2.58. The van der Waals surface area contributed by atoms with Crippen molar-refractivity contribution in [3.8, 4) is 0 Å². The van der Waals surface area contributed by atoms with Gasteiger partial charge in [0.25, 0.3) is 0 Å². The van der Waals surface area contributed by atoms with Gasteiger partial charge in [-0.2, -0.15) is 0 Å². The minimum atomic E-state index is 0.00561. The topological polar surface area (TPSA) is 23.6 Å². The van der Waals surface area contributed by atoms with Crippen LogP contribution in [0.3, 0.4) is 0 Å². The molecule has 5 aliphatic rings. The first-order valence-electron chi connectivity index (χ1n) is 12.5. The second kappa shape index (κ2) is 8.09. The van der Waals surface area contributed by atoms with E-state index in [1.165, 1.54) is 43.4 Å². The van der Waals surface area contributed by atoms with Crippen LogP contribution in [0.4, 0.5) is 5.69 Å². The molecule has 168 valence electrons. The normalized spacial score (nSPS) is 33.5. The molecule has 3 nitrogen and oxygen atoms in total. The van der Waals surface area contributed by atoms with Gasteiger partial charge in [0.2, 0.25) is 5.91 Å². The number of anilines is 1. The van der Waals surface area contributed by atoms with Crippen LogP contribution >= 0.6 is 11.6 Å². The van der Waals surface area contributed by atoms with Crippen molar-refractivity contribution in [2.75, 3.05) is 31.1 Å². The Morgan fingerprint density at radius 1 is 0.812 bits per heavy atom. The fourth-order valence-corrected chi connectivity index (χ4v) is 7.99. The summed E-state index contributed by atoms with van der Waals surface area (Å²) in [6.45, 7) is 3.48. The standard InChI is InChI=1S/C28H33ClN2O/c29-25-8-6-22(7-9-25)28(23-15-20-14-21(17-23)18-24(28)16-20)19-27(32)31-12-10-30(11-13-31)26-4-2-1-3-5-26/h1-9,20-21,23-24H,10-19H2. The van der Waals surface area contributed by atoms with E-state index in [9.17, 15) is 4.79 Å². The number of carbonyl (C=O) groups excluding carboxylic acids is 1. The molecule has 1 amide bonds. The Balaban J connectivity index is 1.23. The number of carbonyl (C=O) groups is 1. The van der Waals surface area contributed by atoms with Crippen LogP contribution in [0.25, 0.3) is 0 Å². The minimum Gasteiger partial charge on any atom is -0.368 e. The first kappa shape index (κ1) is 20.6. The predicted octanol–water partition coefficient (Wildman–Crippen LogP) is 5.77. The average molecular weight is 449 g/mol. The number of benzene rings is 2. The van der Waals surface area contributed by atoms with E-state index < -0.39 is 0 Å². The SMILES string of the molecule is O=C(CC1(c2ccc(Cl)cc2)C2CC3CC(C2)CC1C3)N1CCN(c2ccccc2)CC1. The summed E-state index contributed by atoms with van der Waals surface area (Å²) < 4.78 is 0. The largest absolute Gasteiger partial charge is 0.368 e. The molecular formula is C28H33ClN2O. The highest BCUT2D eigenvalue weighted by Crippen LogP contribution is 2.64. The number of para-hydroxylation sites is 1. The van der Waals surface area contributed by atoms with E-state index in [0.717, 1.165) is 43.0 Å². The van der Waals surface area contributed by atoms with Crippen LogP contribution in [0.5, 0.6) is 0 Å². The van der Waals surface area contributed by atoms with E-state index in [1.807, 2.05) is 12.1 Å². The maximum absolute atomic E-state index is 13.8. The Morgan fingerprint density at radius 3 is 2.00 bits per heavy atom. The van der Waals surface area contributed by atoms with Crippen molar-refractivity contribution >= 4 is 23.2 Å². The molecule has 0 aromatic heterocycles. The van der Waals surface area contributed by atoms with Gasteiger partial charge in [0.15, 0.2) is 0 Å². The first-order valence-corrected chi connectivity index (χ1v) is 12.8. The highest BCUT2D eigenvalue weighted by molar-refractivity contribution is 6.30. The van der Waals surface area contributed by atoms with Crippen molar-refractivity contribution in [3.05, 3.63) is 65.2 Å². The molecule has 1 heterocycles. The molecule has 1 aliphatic heterocycles. The van der Waals surface area contributed by atoms with E-state index in [1.54, 1.807) is 0 Å². The van der Waals surface area contributed by atoms with Crippen molar-refractivity contribution in [1.29, 1.82) is 0 Å². The molecule has 4 bridgehead atoms. The van der Waals surface area contributed by atoms with E-state index in [0.29, 0.717) is 24.2 Å². The number of amides is 1. The number of hydrogen-bond donors (Lipinski definition) is 0. The van der Waals surface area contributed by atoms with Gasteiger partial charge in [-0.25, -0.2) is 0 Å². The van der Waals surface area contributed by atoms with Gasteiger partial charge in [-0.1, -0.05) is 41.9 Å². The van der Waals surface area contributed by atoms with Gasteiger partial charge < -0.3 is 9.80 Å². The molecule has 4 heteroatoms. The zero-order valence-corrected chi connectivity index (χ0v) is 19.5. The lowest BCUT2D eigenvalue weighted by Crippen LogP contribution is -2.58. The summed E-state index contributed by atoms with van der Waals surface area (Å²) in [6, 6.07) is 19.1. The summed E-state index contributed by atoms with van der Waals surface area (Å²) in [5, 5.41) is 0.788. The maximum Gasteiger partial charge on any atom is 0.223 e. The Bertz CT molecular complexity index is 937. The lowest BCUT2D eigenvalue weighted by Gasteiger charge is -2.62. The Morgan fingerprint density at radius 2 is 1.41 bits per heavy atom. The van der Waals surface area contributed by atoms with Crippen LogP contribution < -0.4 is 4.90 Å². The number of nitrogens with zero attached hydrogens (tertiary/aromatic N) is 2. The molecule has 1 saturated heterocycles.